The third kappa shape index (κ3) is 3.80. The summed E-state index contributed by atoms with van der Waals surface area (Å²) in [6, 6.07) is 5.74. The van der Waals surface area contributed by atoms with Crippen LogP contribution in [0.2, 0.25) is 0 Å². The van der Waals surface area contributed by atoms with Gasteiger partial charge in [-0.3, -0.25) is 4.79 Å². The van der Waals surface area contributed by atoms with Crippen LogP contribution in [0.3, 0.4) is 0 Å². The molecule has 0 bridgehead atoms. The summed E-state index contributed by atoms with van der Waals surface area (Å²) in [4.78, 5) is 12.3. The topological polar surface area (TPSA) is 49.3 Å². The largest absolute Gasteiger partial charge is 0.391 e. The van der Waals surface area contributed by atoms with E-state index in [0.29, 0.717) is 5.56 Å². The molecule has 19 heavy (non-hydrogen) atoms. The van der Waals surface area contributed by atoms with Gasteiger partial charge >= 0.3 is 0 Å². The van der Waals surface area contributed by atoms with Gasteiger partial charge in [-0.1, -0.05) is 36.5 Å². The van der Waals surface area contributed by atoms with E-state index in [2.05, 4.69) is 11.4 Å². The van der Waals surface area contributed by atoms with Crippen LogP contribution in [0.25, 0.3) is 0 Å². The molecule has 0 aromatic heterocycles. The van der Waals surface area contributed by atoms with Crippen LogP contribution in [0.15, 0.2) is 18.2 Å². The Morgan fingerprint density at radius 3 is 2.42 bits per heavy atom. The first-order valence-electron chi connectivity index (χ1n) is 7.13. The van der Waals surface area contributed by atoms with E-state index < -0.39 is 6.10 Å². The van der Waals surface area contributed by atoms with Gasteiger partial charge in [0.1, 0.15) is 0 Å². The lowest BCUT2D eigenvalue weighted by Gasteiger charge is -2.22. The van der Waals surface area contributed by atoms with E-state index in [-0.39, 0.29) is 11.9 Å². The van der Waals surface area contributed by atoms with Gasteiger partial charge < -0.3 is 10.4 Å². The SMILES string of the molecule is Cc1cc(C)cc(C(=O)NC2CCCCCC2O)c1. The Morgan fingerprint density at radius 2 is 1.74 bits per heavy atom. The highest BCUT2D eigenvalue weighted by Crippen LogP contribution is 2.18. The highest BCUT2D eigenvalue weighted by Gasteiger charge is 2.23. The van der Waals surface area contributed by atoms with Crippen LogP contribution in [0.4, 0.5) is 0 Å². The standard InChI is InChI=1S/C16H23NO2/c1-11-8-12(2)10-13(9-11)16(19)17-14-6-4-3-5-7-15(14)18/h8-10,14-15,18H,3-7H2,1-2H3,(H,17,19). The molecule has 3 heteroatoms. The maximum absolute atomic E-state index is 12.3. The van der Waals surface area contributed by atoms with Crippen molar-refractivity contribution in [3.8, 4) is 0 Å². The molecule has 1 saturated carbocycles. The molecule has 1 aliphatic rings. The van der Waals surface area contributed by atoms with Crippen LogP contribution in [0.5, 0.6) is 0 Å². The molecular formula is C16H23NO2. The summed E-state index contributed by atoms with van der Waals surface area (Å²) in [5.74, 6) is -0.0715. The molecule has 0 spiro atoms. The Bertz CT molecular complexity index is 436. The Hall–Kier alpha value is -1.35. The molecular weight excluding hydrogens is 238 g/mol. The summed E-state index contributed by atoms with van der Waals surface area (Å²) in [6.45, 7) is 3.98. The number of hydrogen-bond donors (Lipinski definition) is 2. The summed E-state index contributed by atoms with van der Waals surface area (Å²) < 4.78 is 0. The molecule has 2 N–H and O–H groups in total. The van der Waals surface area contributed by atoms with Gasteiger partial charge in [0.25, 0.3) is 5.91 Å². The molecule has 0 aliphatic heterocycles. The molecule has 2 unspecified atom stereocenters. The predicted octanol–water partition coefficient (Wildman–Crippen LogP) is 2.73. The lowest BCUT2D eigenvalue weighted by molar-refractivity contribution is 0.0818. The van der Waals surface area contributed by atoms with Crippen molar-refractivity contribution in [2.75, 3.05) is 0 Å². The number of aryl methyl sites for hydroxylation is 2. The van der Waals surface area contributed by atoms with Crippen LogP contribution in [-0.4, -0.2) is 23.2 Å². The van der Waals surface area contributed by atoms with Gasteiger partial charge in [0.2, 0.25) is 0 Å². The van der Waals surface area contributed by atoms with Crippen molar-refractivity contribution >= 4 is 5.91 Å². The molecule has 1 fully saturated rings. The van der Waals surface area contributed by atoms with Crippen LogP contribution in [0.1, 0.15) is 53.6 Å². The van der Waals surface area contributed by atoms with Gasteiger partial charge in [-0.05, 0) is 38.8 Å². The molecule has 1 amide bonds. The third-order valence-electron chi connectivity index (χ3n) is 3.78. The van der Waals surface area contributed by atoms with Crippen molar-refractivity contribution in [3.05, 3.63) is 34.9 Å². The van der Waals surface area contributed by atoms with Gasteiger partial charge in [-0.15, -0.1) is 0 Å². The van der Waals surface area contributed by atoms with Crippen molar-refractivity contribution in [2.24, 2.45) is 0 Å². The lowest BCUT2D eigenvalue weighted by atomic mass is 10.0. The number of carbonyl (C=O) groups excluding carboxylic acids is 1. The maximum atomic E-state index is 12.3. The second-order valence-corrected chi connectivity index (χ2v) is 5.66. The zero-order valence-electron chi connectivity index (χ0n) is 11.8. The Morgan fingerprint density at radius 1 is 1.11 bits per heavy atom. The molecule has 104 valence electrons. The minimum Gasteiger partial charge on any atom is -0.391 e. The molecule has 1 aromatic rings. The molecule has 0 heterocycles. The van der Waals surface area contributed by atoms with Crippen molar-refractivity contribution in [1.82, 2.24) is 5.32 Å². The van der Waals surface area contributed by atoms with E-state index in [1.807, 2.05) is 26.0 Å². The zero-order valence-corrected chi connectivity index (χ0v) is 11.8. The zero-order chi connectivity index (χ0) is 13.8. The number of aliphatic hydroxyl groups is 1. The van der Waals surface area contributed by atoms with Crippen LogP contribution in [0, 0.1) is 13.8 Å². The van der Waals surface area contributed by atoms with Gasteiger partial charge in [0.05, 0.1) is 12.1 Å². The predicted molar refractivity (Wildman–Crippen MR) is 76.3 cm³/mol. The molecule has 1 aliphatic carbocycles. The van der Waals surface area contributed by atoms with Crippen LogP contribution < -0.4 is 5.32 Å². The van der Waals surface area contributed by atoms with Gasteiger partial charge in [0, 0.05) is 5.56 Å². The molecule has 2 rings (SSSR count). The normalized spacial score (nSPS) is 23.7. The number of nitrogens with one attached hydrogen (secondary N) is 1. The minimum atomic E-state index is -0.405. The Kier molecular flexibility index (Phi) is 4.59. The van der Waals surface area contributed by atoms with Crippen molar-refractivity contribution in [3.63, 3.8) is 0 Å². The van der Waals surface area contributed by atoms with E-state index in [0.717, 1.165) is 43.2 Å². The van der Waals surface area contributed by atoms with E-state index in [9.17, 15) is 9.90 Å². The lowest BCUT2D eigenvalue weighted by Crippen LogP contribution is -2.42. The molecule has 0 saturated heterocycles. The smallest absolute Gasteiger partial charge is 0.251 e. The average Bonchev–Trinajstić information content (AvgIpc) is 2.54. The molecule has 3 nitrogen and oxygen atoms in total. The first kappa shape index (κ1) is 14.1. The Balaban J connectivity index is 2.07. The number of aliphatic hydroxyl groups excluding tert-OH is 1. The molecule has 0 radical (unpaired) electrons. The van der Waals surface area contributed by atoms with Crippen molar-refractivity contribution in [2.45, 2.75) is 58.1 Å². The summed E-state index contributed by atoms with van der Waals surface area (Å²) in [5, 5.41) is 13.0. The van der Waals surface area contributed by atoms with E-state index in [1.165, 1.54) is 0 Å². The summed E-state index contributed by atoms with van der Waals surface area (Å²) in [6.07, 6.45) is 4.53. The van der Waals surface area contributed by atoms with E-state index in [4.69, 9.17) is 0 Å². The minimum absolute atomic E-state index is 0.0715. The van der Waals surface area contributed by atoms with Gasteiger partial charge in [-0.2, -0.15) is 0 Å². The van der Waals surface area contributed by atoms with Gasteiger partial charge in [-0.25, -0.2) is 0 Å². The van der Waals surface area contributed by atoms with Crippen LogP contribution >= 0.6 is 0 Å². The van der Waals surface area contributed by atoms with Crippen LogP contribution in [-0.2, 0) is 0 Å². The quantitative estimate of drug-likeness (QED) is 0.804. The van der Waals surface area contributed by atoms with E-state index >= 15 is 0 Å². The second-order valence-electron chi connectivity index (χ2n) is 5.66. The number of amides is 1. The van der Waals surface area contributed by atoms with Crippen molar-refractivity contribution < 1.29 is 9.90 Å². The average molecular weight is 261 g/mol. The Labute approximate surface area is 115 Å². The first-order chi connectivity index (χ1) is 9.06. The van der Waals surface area contributed by atoms with Gasteiger partial charge in [0.15, 0.2) is 0 Å². The third-order valence-corrected chi connectivity index (χ3v) is 3.78. The monoisotopic (exact) mass is 261 g/mol. The fourth-order valence-corrected chi connectivity index (χ4v) is 2.81. The first-order valence-corrected chi connectivity index (χ1v) is 7.13. The molecule has 2 atom stereocenters. The number of hydrogen-bond acceptors (Lipinski definition) is 2. The fraction of sp³-hybridized carbons (Fsp3) is 0.562. The second kappa shape index (κ2) is 6.20. The van der Waals surface area contributed by atoms with E-state index in [1.54, 1.807) is 0 Å². The molecule has 1 aromatic carbocycles. The van der Waals surface area contributed by atoms with Crippen molar-refractivity contribution in [1.29, 1.82) is 0 Å². The number of benzene rings is 1. The fourth-order valence-electron chi connectivity index (χ4n) is 2.81. The number of carbonyl (C=O) groups is 1. The maximum Gasteiger partial charge on any atom is 0.251 e. The summed E-state index contributed by atoms with van der Waals surface area (Å²) in [5.41, 5.74) is 2.87. The highest BCUT2D eigenvalue weighted by molar-refractivity contribution is 5.94. The highest BCUT2D eigenvalue weighted by atomic mass is 16.3. The number of rotatable bonds is 2. The summed E-state index contributed by atoms with van der Waals surface area (Å²) in [7, 11) is 0. The summed E-state index contributed by atoms with van der Waals surface area (Å²) >= 11 is 0.